The third-order valence-corrected chi connectivity index (χ3v) is 4.56. The Kier molecular flexibility index (Phi) is 4.44. The number of hydrogen-bond acceptors (Lipinski definition) is 2. The minimum atomic E-state index is -0.216. The van der Waals surface area contributed by atoms with E-state index in [4.69, 9.17) is 0 Å². The largest absolute Gasteiger partial charge is 0.381 e. The predicted molar refractivity (Wildman–Crippen MR) is 89.4 cm³/mol. The van der Waals surface area contributed by atoms with Gasteiger partial charge in [0.05, 0.1) is 0 Å². The Hall–Kier alpha value is -1.55. The van der Waals surface area contributed by atoms with Crippen LogP contribution in [0.2, 0.25) is 0 Å². The average molecular weight is 349 g/mol. The van der Waals surface area contributed by atoms with Crippen molar-refractivity contribution >= 4 is 27.3 Å². The van der Waals surface area contributed by atoms with Crippen LogP contribution in [0, 0.1) is 5.82 Å². The number of halogens is 2. The summed E-state index contributed by atoms with van der Waals surface area (Å²) in [4.78, 5) is 2.41. The first kappa shape index (κ1) is 14.4. The van der Waals surface area contributed by atoms with Crippen LogP contribution in [0.4, 0.5) is 15.8 Å². The first-order valence-electron chi connectivity index (χ1n) is 7.24. The van der Waals surface area contributed by atoms with Crippen LogP contribution in [0.15, 0.2) is 53.0 Å². The van der Waals surface area contributed by atoms with Gasteiger partial charge in [0.1, 0.15) is 5.82 Å². The molecule has 1 aliphatic rings. The van der Waals surface area contributed by atoms with E-state index in [-0.39, 0.29) is 5.82 Å². The minimum absolute atomic E-state index is 0.216. The van der Waals surface area contributed by atoms with E-state index in [1.54, 1.807) is 6.07 Å². The van der Waals surface area contributed by atoms with Crippen LogP contribution < -0.4 is 10.2 Å². The smallest absolute Gasteiger partial charge is 0.124 e. The number of para-hydroxylation sites is 1. The van der Waals surface area contributed by atoms with Crippen molar-refractivity contribution in [1.29, 1.82) is 0 Å². The van der Waals surface area contributed by atoms with Crippen molar-refractivity contribution in [2.24, 2.45) is 0 Å². The highest BCUT2D eigenvalue weighted by Gasteiger charge is 2.19. The van der Waals surface area contributed by atoms with Crippen LogP contribution in [0.25, 0.3) is 0 Å². The van der Waals surface area contributed by atoms with Gasteiger partial charge in [0, 0.05) is 35.0 Å². The Morgan fingerprint density at radius 2 is 1.76 bits per heavy atom. The SMILES string of the molecule is Fc1ccc(NC2CCN(c3ccccc3)CC2)c(Br)c1. The molecule has 0 atom stereocenters. The van der Waals surface area contributed by atoms with Gasteiger partial charge in [-0.2, -0.15) is 0 Å². The summed E-state index contributed by atoms with van der Waals surface area (Å²) in [6.07, 6.45) is 2.16. The molecule has 1 aliphatic heterocycles. The fourth-order valence-electron chi connectivity index (χ4n) is 2.75. The summed E-state index contributed by atoms with van der Waals surface area (Å²) in [7, 11) is 0. The zero-order valence-electron chi connectivity index (χ0n) is 11.7. The molecule has 0 aromatic heterocycles. The van der Waals surface area contributed by atoms with Gasteiger partial charge in [-0.15, -0.1) is 0 Å². The first-order chi connectivity index (χ1) is 10.2. The van der Waals surface area contributed by atoms with Gasteiger partial charge in [-0.25, -0.2) is 4.39 Å². The molecule has 2 aromatic rings. The number of hydrogen-bond donors (Lipinski definition) is 1. The third-order valence-electron chi connectivity index (χ3n) is 3.91. The summed E-state index contributed by atoms with van der Waals surface area (Å²) in [5.41, 5.74) is 2.26. The van der Waals surface area contributed by atoms with Crippen LogP contribution in [-0.4, -0.2) is 19.1 Å². The Bertz CT molecular complexity index is 595. The van der Waals surface area contributed by atoms with Crippen LogP contribution in [0.5, 0.6) is 0 Å². The number of rotatable bonds is 3. The molecule has 0 spiro atoms. The Balaban J connectivity index is 1.59. The maximum atomic E-state index is 13.1. The lowest BCUT2D eigenvalue weighted by Gasteiger charge is -2.34. The zero-order valence-corrected chi connectivity index (χ0v) is 13.3. The van der Waals surface area contributed by atoms with Gasteiger partial charge < -0.3 is 10.2 Å². The molecule has 1 saturated heterocycles. The van der Waals surface area contributed by atoms with Crippen molar-refractivity contribution in [1.82, 2.24) is 0 Å². The van der Waals surface area contributed by atoms with Crippen LogP contribution in [0.3, 0.4) is 0 Å². The molecule has 0 amide bonds. The van der Waals surface area contributed by atoms with Crippen molar-refractivity contribution in [3.05, 3.63) is 58.8 Å². The van der Waals surface area contributed by atoms with Crippen LogP contribution in [-0.2, 0) is 0 Å². The molecule has 2 aromatic carbocycles. The summed E-state index contributed by atoms with van der Waals surface area (Å²) in [5, 5.41) is 3.51. The Labute approximate surface area is 133 Å². The predicted octanol–water partition coefficient (Wildman–Crippen LogP) is 4.67. The zero-order chi connectivity index (χ0) is 14.7. The Morgan fingerprint density at radius 3 is 2.43 bits per heavy atom. The van der Waals surface area contributed by atoms with Crippen molar-refractivity contribution in [2.45, 2.75) is 18.9 Å². The lowest BCUT2D eigenvalue weighted by molar-refractivity contribution is 0.526. The van der Waals surface area contributed by atoms with E-state index in [1.165, 1.54) is 17.8 Å². The van der Waals surface area contributed by atoms with Crippen molar-refractivity contribution in [3.63, 3.8) is 0 Å². The molecular weight excluding hydrogens is 331 g/mol. The second kappa shape index (κ2) is 6.48. The second-order valence-electron chi connectivity index (χ2n) is 5.37. The number of piperidine rings is 1. The number of nitrogens with one attached hydrogen (secondary N) is 1. The molecule has 1 heterocycles. The summed E-state index contributed by atoms with van der Waals surface area (Å²) < 4.78 is 13.9. The van der Waals surface area contributed by atoms with E-state index < -0.39 is 0 Å². The second-order valence-corrected chi connectivity index (χ2v) is 6.22. The maximum absolute atomic E-state index is 13.1. The van der Waals surface area contributed by atoms with Crippen LogP contribution in [0.1, 0.15) is 12.8 Å². The standard InChI is InChI=1S/C17H18BrFN2/c18-16-12-13(19)6-7-17(16)20-14-8-10-21(11-9-14)15-4-2-1-3-5-15/h1-7,12,14,20H,8-11H2. The lowest BCUT2D eigenvalue weighted by atomic mass is 10.0. The third kappa shape index (κ3) is 3.56. The highest BCUT2D eigenvalue weighted by molar-refractivity contribution is 9.10. The lowest BCUT2D eigenvalue weighted by Crippen LogP contribution is -2.39. The van der Waals surface area contributed by atoms with E-state index in [1.807, 2.05) is 6.07 Å². The van der Waals surface area contributed by atoms with Crippen molar-refractivity contribution < 1.29 is 4.39 Å². The molecule has 1 N–H and O–H groups in total. The van der Waals surface area contributed by atoms with Gasteiger partial charge in [0.2, 0.25) is 0 Å². The highest BCUT2D eigenvalue weighted by Crippen LogP contribution is 2.27. The van der Waals surface area contributed by atoms with E-state index >= 15 is 0 Å². The van der Waals surface area contributed by atoms with Gasteiger partial charge in [0.15, 0.2) is 0 Å². The average Bonchev–Trinajstić information content (AvgIpc) is 2.52. The summed E-state index contributed by atoms with van der Waals surface area (Å²) in [6, 6.07) is 15.7. The Morgan fingerprint density at radius 1 is 1.05 bits per heavy atom. The maximum Gasteiger partial charge on any atom is 0.124 e. The molecule has 4 heteroatoms. The van der Waals surface area contributed by atoms with Gasteiger partial charge in [-0.1, -0.05) is 18.2 Å². The van der Waals surface area contributed by atoms with Gasteiger partial charge in [-0.3, -0.25) is 0 Å². The highest BCUT2D eigenvalue weighted by atomic mass is 79.9. The molecule has 0 unspecified atom stereocenters. The number of anilines is 2. The summed E-state index contributed by atoms with van der Waals surface area (Å²) in [6.45, 7) is 2.08. The molecule has 0 aliphatic carbocycles. The minimum Gasteiger partial charge on any atom is -0.381 e. The fraction of sp³-hybridized carbons (Fsp3) is 0.294. The van der Waals surface area contributed by atoms with E-state index in [2.05, 4.69) is 50.4 Å². The molecule has 3 rings (SSSR count). The van der Waals surface area contributed by atoms with Crippen molar-refractivity contribution in [2.75, 3.05) is 23.3 Å². The molecule has 21 heavy (non-hydrogen) atoms. The molecule has 0 bridgehead atoms. The quantitative estimate of drug-likeness (QED) is 0.866. The summed E-state index contributed by atoms with van der Waals surface area (Å²) >= 11 is 3.41. The molecule has 0 radical (unpaired) electrons. The molecule has 110 valence electrons. The van der Waals surface area contributed by atoms with Crippen LogP contribution >= 0.6 is 15.9 Å². The van der Waals surface area contributed by atoms with E-state index in [0.717, 1.165) is 36.1 Å². The normalized spacial score (nSPS) is 16.0. The van der Waals surface area contributed by atoms with Gasteiger partial charge >= 0.3 is 0 Å². The topological polar surface area (TPSA) is 15.3 Å². The molecule has 1 fully saturated rings. The summed E-state index contributed by atoms with van der Waals surface area (Å²) in [5.74, 6) is -0.216. The fourth-order valence-corrected chi connectivity index (χ4v) is 3.21. The monoisotopic (exact) mass is 348 g/mol. The van der Waals surface area contributed by atoms with E-state index in [0.29, 0.717) is 6.04 Å². The first-order valence-corrected chi connectivity index (χ1v) is 8.03. The van der Waals surface area contributed by atoms with Crippen molar-refractivity contribution in [3.8, 4) is 0 Å². The molecule has 0 saturated carbocycles. The molecule has 2 nitrogen and oxygen atoms in total. The van der Waals surface area contributed by atoms with Gasteiger partial charge in [-0.05, 0) is 59.1 Å². The number of nitrogens with zero attached hydrogens (tertiary/aromatic N) is 1. The van der Waals surface area contributed by atoms with Gasteiger partial charge in [0.25, 0.3) is 0 Å². The number of benzene rings is 2. The van der Waals surface area contributed by atoms with E-state index in [9.17, 15) is 4.39 Å². The molecular formula is C17H18BrFN2.